The van der Waals surface area contributed by atoms with Gasteiger partial charge in [0.2, 0.25) is 10.0 Å². The van der Waals surface area contributed by atoms with E-state index in [1.165, 1.54) is 25.4 Å². The molecule has 1 heterocycles. The zero-order valence-corrected chi connectivity index (χ0v) is 14.0. The first-order valence-electron chi connectivity index (χ1n) is 7.29. The smallest absolute Gasteiger partial charge is 0.253 e. The summed E-state index contributed by atoms with van der Waals surface area (Å²) in [5.41, 5.74) is 1.27. The van der Waals surface area contributed by atoms with E-state index in [2.05, 4.69) is 15.0 Å². The van der Waals surface area contributed by atoms with Gasteiger partial charge in [-0.05, 0) is 29.8 Å². The minimum absolute atomic E-state index is 0.168. The summed E-state index contributed by atoms with van der Waals surface area (Å²) in [5, 5.41) is 2.75. The van der Waals surface area contributed by atoms with Crippen molar-refractivity contribution in [3.8, 4) is 0 Å². The summed E-state index contributed by atoms with van der Waals surface area (Å²) in [6.45, 7) is 0.810. The molecule has 0 aliphatic heterocycles. The second-order valence-electron chi connectivity index (χ2n) is 4.96. The maximum atomic E-state index is 12.0. The second-order valence-corrected chi connectivity index (χ2v) is 6.73. The van der Waals surface area contributed by atoms with E-state index in [1.54, 1.807) is 30.5 Å². The van der Waals surface area contributed by atoms with Crippen molar-refractivity contribution < 1.29 is 17.9 Å². The number of hydrogen-bond acceptors (Lipinski definition) is 5. The van der Waals surface area contributed by atoms with Gasteiger partial charge in [0, 0.05) is 32.6 Å². The number of carbonyl (C=O) groups excluding carboxylic acids is 1. The number of nitrogens with one attached hydrogen (secondary N) is 2. The first kappa shape index (κ1) is 18.1. The fourth-order valence-electron chi connectivity index (χ4n) is 1.93. The third-order valence-corrected chi connectivity index (χ3v) is 4.69. The third-order valence-electron chi connectivity index (χ3n) is 3.21. The lowest BCUT2D eigenvalue weighted by Gasteiger charge is -2.08. The van der Waals surface area contributed by atoms with Crippen LogP contribution in [0, 0.1) is 0 Å². The number of sulfonamides is 1. The van der Waals surface area contributed by atoms with Crippen molar-refractivity contribution in [1.82, 2.24) is 15.0 Å². The van der Waals surface area contributed by atoms with Crippen LogP contribution < -0.4 is 10.0 Å². The van der Waals surface area contributed by atoms with E-state index in [0.717, 1.165) is 5.56 Å². The van der Waals surface area contributed by atoms with Gasteiger partial charge in [-0.1, -0.05) is 12.1 Å². The summed E-state index contributed by atoms with van der Waals surface area (Å²) >= 11 is 0. The van der Waals surface area contributed by atoms with Crippen LogP contribution >= 0.6 is 0 Å². The van der Waals surface area contributed by atoms with Crippen LogP contribution in [0.15, 0.2) is 53.7 Å². The van der Waals surface area contributed by atoms with E-state index in [0.29, 0.717) is 18.7 Å². The lowest BCUT2D eigenvalue weighted by atomic mass is 10.2. The first-order valence-corrected chi connectivity index (χ1v) is 8.77. The van der Waals surface area contributed by atoms with Crippen LogP contribution in [0.1, 0.15) is 15.9 Å². The van der Waals surface area contributed by atoms with Gasteiger partial charge in [-0.2, -0.15) is 0 Å². The molecule has 0 fully saturated rings. The number of carbonyl (C=O) groups is 1. The third kappa shape index (κ3) is 5.12. The molecule has 2 aromatic rings. The van der Waals surface area contributed by atoms with Crippen molar-refractivity contribution in [3.05, 3.63) is 59.9 Å². The zero-order chi connectivity index (χ0) is 17.4. The Morgan fingerprint density at radius 3 is 2.58 bits per heavy atom. The molecule has 0 radical (unpaired) electrons. The van der Waals surface area contributed by atoms with E-state index in [9.17, 15) is 13.2 Å². The van der Waals surface area contributed by atoms with Gasteiger partial charge in [0.05, 0.1) is 17.1 Å². The van der Waals surface area contributed by atoms with Gasteiger partial charge < -0.3 is 10.1 Å². The Labute approximate surface area is 141 Å². The van der Waals surface area contributed by atoms with Crippen LogP contribution in [-0.2, 0) is 21.3 Å². The summed E-state index contributed by atoms with van der Waals surface area (Å²) in [4.78, 5) is 16.0. The Morgan fingerprint density at radius 2 is 1.96 bits per heavy atom. The Kier molecular flexibility index (Phi) is 6.42. The molecule has 7 nitrogen and oxygen atoms in total. The average Bonchev–Trinajstić information content (AvgIpc) is 2.61. The number of aromatic nitrogens is 1. The van der Waals surface area contributed by atoms with Gasteiger partial charge in [-0.25, -0.2) is 13.1 Å². The number of amides is 1. The predicted molar refractivity (Wildman–Crippen MR) is 88.9 cm³/mol. The SMILES string of the molecule is COCCNS(=O)(=O)c1ccc(CNC(=O)c2cccnc2)cc1. The van der Waals surface area contributed by atoms with Crippen LogP contribution in [0.4, 0.5) is 0 Å². The standard InChI is InChI=1S/C16H19N3O4S/c1-23-10-9-19-24(21,22)15-6-4-13(5-7-15)11-18-16(20)14-3-2-8-17-12-14/h2-8,12,19H,9-11H2,1H3,(H,18,20). The van der Waals surface area contributed by atoms with Crippen molar-refractivity contribution in [2.24, 2.45) is 0 Å². The molecule has 0 aliphatic carbocycles. The molecular formula is C16H19N3O4S. The maximum absolute atomic E-state index is 12.0. The van der Waals surface area contributed by atoms with E-state index in [4.69, 9.17) is 4.74 Å². The van der Waals surface area contributed by atoms with Crippen molar-refractivity contribution in [3.63, 3.8) is 0 Å². The van der Waals surface area contributed by atoms with Crippen molar-refractivity contribution in [1.29, 1.82) is 0 Å². The quantitative estimate of drug-likeness (QED) is 0.691. The molecule has 0 spiro atoms. The topological polar surface area (TPSA) is 97.4 Å². The highest BCUT2D eigenvalue weighted by molar-refractivity contribution is 7.89. The molecule has 0 saturated heterocycles. The molecule has 0 atom stereocenters. The first-order chi connectivity index (χ1) is 11.5. The largest absolute Gasteiger partial charge is 0.383 e. The number of rotatable bonds is 8. The molecule has 0 aliphatic rings. The highest BCUT2D eigenvalue weighted by Gasteiger charge is 2.13. The average molecular weight is 349 g/mol. The van der Waals surface area contributed by atoms with Crippen molar-refractivity contribution in [2.75, 3.05) is 20.3 Å². The fourth-order valence-corrected chi connectivity index (χ4v) is 2.94. The Hall–Kier alpha value is -2.29. The van der Waals surface area contributed by atoms with E-state index >= 15 is 0 Å². The summed E-state index contributed by atoms with van der Waals surface area (Å²) < 4.78 is 31.3. The van der Waals surface area contributed by atoms with Gasteiger partial charge in [0.1, 0.15) is 0 Å². The molecule has 8 heteroatoms. The van der Waals surface area contributed by atoms with Crippen molar-refractivity contribution in [2.45, 2.75) is 11.4 Å². The number of hydrogen-bond donors (Lipinski definition) is 2. The van der Waals surface area contributed by atoms with Crippen LogP contribution in [0.3, 0.4) is 0 Å². The van der Waals surface area contributed by atoms with E-state index in [1.807, 2.05) is 0 Å². The van der Waals surface area contributed by atoms with Crippen LogP contribution in [0.2, 0.25) is 0 Å². The minimum Gasteiger partial charge on any atom is -0.383 e. The van der Waals surface area contributed by atoms with Gasteiger partial charge >= 0.3 is 0 Å². The highest BCUT2D eigenvalue weighted by atomic mass is 32.2. The fraction of sp³-hybridized carbons (Fsp3) is 0.250. The molecule has 2 N–H and O–H groups in total. The van der Waals surface area contributed by atoms with Crippen LogP contribution in [0.5, 0.6) is 0 Å². The zero-order valence-electron chi connectivity index (χ0n) is 13.2. The number of benzene rings is 1. The molecule has 0 unspecified atom stereocenters. The van der Waals surface area contributed by atoms with Gasteiger partial charge in [-0.3, -0.25) is 9.78 Å². The molecule has 1 amide bonds. The summed E-state index contributed by atoms with van der Waals surface area (Å²) in [5.74, 6) is -0.235. The summed E-state index contributed by atoms with van der Waals surface area (Å²) in [6.07, 6.45) is 3.08. The number of nitrogens with zero attached hydrogens (tertiary/aromatic N) is 1. The van der Waals surface area contributed by atoms with Crippen LogP contribution in [0.25, 0.3) is 0 Å². The van der Waals surface area contributed by atoms with Crippen molar-refractivity contribution >= 4 is 15.9 Å². The monoisotopic (exact) mass is 349 g/mol. The number of pyridine rings is 1. The number of ether oxygens (including phenoxy) is 1. The Bertz CT molecular complexity index is 762. The summed E-state index contributed by atoms with van der Waals surface area (Å²) in [7, 11) is -2.05. The summed E-state index contributed by atoms with van der Waals surface area (Å²) in [6, 6.07) is 9.68. The molecule has 1 aromatic carbocycles. The number of methoxy groups -OCH3 is 1. The van der Waals surface area contributed by atoms with Gasteiger partial charge in [0.15, 0.2) is 0 Å². The predicted octanol–water partition coefficient (Wildman–Crippen LogP) is 0.936. The molecule has 128 valence electrons. The Morgan fingerprint density at radius 1 is 1.21 bits per heavy atom. The molecule has 2 rings (SSSR count). The van der Waals surface area contributed by atoms with E-state index < -0.39 is 10.0 Å². The molecule has 1 aromatic heterocycles. The van der Waals surface area contributed by atoms with E-state index in [-0.39, 0.29) is 17.3 Å². The molecule has 24 heavy (non-hydrogen) atoms. The molecule has 0 saturated carbocycles. The lowest BCUT2D eigenvalue weighted by molar-refractivity contribution is 0.0950. The van der Waals surface area contributed by atoms with Gasteiger partial charge in [0.25, 0.3) is 5.91 Å². The molecule has 0 bridgehead atoms. The van der Waals surface area contributed by atoms with Gasteiger partial charge in [-0.15, -0.1) is 0 Å². The molecular weight excluding hydrogens is 330 g/mol. The maximum Gasteiger partial charge on any atom is 0.253 e. The highest BCUT2D eigenvalue weighted by Crippen LogP contribution is 2.10. The normalized spacial score (nSPS) is 11.2. The van der Waals surface area contributed by atoms with Crippen LogP contribution in [-0.4, -0.2) is 39.6 Å². The Balaban J connectivity index is 1.93. The lowest BCUT2D eigenvalue weighted by Crippen LogP contribution is -2.27. The second kappa shape index (κ2) is 8.53. The minimum atomic E-state index is -3.55.